The third-order valence-electron chi connectivity index (χ3n) is 1.70. The Bertz CT molecular complexity index is 387. The maximum absolute atomic E-state index is 13.0. The number of aromatic nitrogens is 1. The average molecular weight is 162 g/mol. The molecule has 0 bridgehead atoms. The molecule has 1 aromatic heterocycles. The molecule has 2 aromatic rings. The van der Waals surface area contributed by atoms with Crippen molar-refractivity contribution in [3.8, 4) is 5.75 Å². The highest BCUT2D eigenvalue weighted by atomic mass is 18.2. The van der Waals surface area contributed by atoms with Gasteiger partial charge in [0.15, 0.2) is 0 Å². The smallest absolute Gasteiger partial charge is 0.142 e. The van der Waals surface area contributed by atoms with Crippen LogP contribution in [-0.2, 0) is 0 Å². The third kappa shape index (κ3) is 0.906. The van der Waals surface area contributed by atoms with Gasteiger partial charge in [0.1, 0.15) is 17.1 Å². The summed E-state index contributed by atoms with van der Waals surface area (Å²) in [7, 11) is 0. The number of phenols is 1. The van der Waals surface area contributed by atoms with Gasteiger partial charge in [-0.15, -0.1) is 0 Å². The fourth-order valence-corrected chi connectivity index (χ4v) is 1.12. The van der Waals surface area contributed by atoms with Crippen molar-refractivity contribution in [2.24, 2.45) is 0 Å². The first-order valence-electron chi connectivity index (χ1n) is 3.51. The van der Waals surface area contributed by atoms with Crippen molar-refractivity contribution in [1.29, 1.82) is 0 Å². The van der Waals surface area contributed by atoms with Crippen molar-refractivity contribution in [3.63, 3.8) is 0 Å². The fraction of sp³-hybridized carbons (Fsp3) is 0. The third-order valence-corrected chi connectivity index (χ3v) is 1.70. The topological polar surface area (TPSA) is 33.1 Å². The summed E-state index contributed by atoms with van der Waals surface area (Å²) in [6.07, 6.45) is 1.52. The molecule has 1 heterocycles. The molecule has 60 valence electrons. The summed E-state index contributed by atoms with van der Waals surface area (Å²) in [5.74, 6) is -0.358. The number of pyridine rings is 1. The first-order chi connectivity index (χ1) is 5.79. The summed E-state index contributed by atoms with van der Waals surface area (Å²) in [5, 5.41) is 9.61. The molecule has 0 amide bonds. The molecule has 0 unspecified atom stereocenters. The number of benzene rings is 1. The van der Waals surface area contributed by atoms with Gasteiger partial charge in [-0.2, -0.15) is 0 Å². The minimum absolute atomic E-state index is 0.00648. The highest BCUT2D eigenvalue weighted by Crippen LogP contribution is 2.23. The van der Waals surface area contributed by atoms with Crippen LogP contribution < -0.4 is 0 Å². The number of nitrogens with zero attached hydrogens (tertiary/aromatic N) is 1. The summed E-state index contributed by atoms with van der Waals surface area (Å²) in [4.78, 5) is 3.85. The zero-order valence-electron chi connectivity index (χ0n) is 6.16. The fourth-order valence-electron chi connectivity index (χ4n) is 1.12. The normalized spacial score (nSPS) is 10.4. The highest BCUT2D eigenvalue weighted by molar-refractivity contribution is 5.84. The van der Waals surface area contributed by atoms with Crippen molar-refractivity contribution in [3.05, 3.63) is 36.3 Å². The van der Waals surface area contributed by atoms with E-state index in [0.29, 0.717) is 10.9 Å². The number of halogens is 1. The molecule has 0 radical (unpaired) electrons. The first-order valence-corrected chi connectivity index (χ1v) is 3.51. The van der Waals surface area contributed by atoms with Gasteiger partial charge in [-0.25, -0.2) is 4.39 Å². The van der Waals surface area contributed by atoms with Crippen LogP contribution in [0.3, 0.4) is 0 Å². The van der Waals surface area contributed by atoms with Crippen LogP contribution in [0.15, 0.2) is 30.5 Å². The molecule has 0 aliphatic heterocycles. The van der Waals surface area contributed by atoms with Gasteiger partial charge in [0, 0.05) is 11.6 Å². The molecule has 3 heteroatoms. The molecule has 0 saturated carbocycles. The minimum atomic E-state index is -0.365. The van der Waals surface area contributed by atoms with Gasteiger partial charge in [-0.3, -0.25) is 4.98 Å². The molecule has 0 aliphatic carbocycles. The Morgan fingerprint density at radius 1 is 1.25 bits per heavy atom. The van der Waals surface area contributed by atoms with Gasteiger partial charge in [0.05, 0.1) is 0 Å². The quantitative estimate of drug-likeness (QED) is 0.643. The van der Waals surface area contributed by atoms with E-state index in [1.165, 1.54) is 18.3 Å². The molecule has 0 saturated heterocycles. The van der Waals surface area contributed by atoms with Gasteiger partial charge in [-0.05, 0) is 24.3 Å². The molecular formula is C9H6FNO. The highest BCUT2D eigenvalue weighted by Gasteiger charge is 2.03. The molecule has 0 fully saturated rings. The average Bonchev–Trinajstić information content (AvgIpc) is 2.12. The summed E-state index contributed by atoms with van der Waals surface area (Å²) < 4.78 is 13.0. The summed E-state index contributed by atoms with van der Waals surface area (Å²) in [6.45, 7) is 0. The Hall–Kier alpha value is -1.64. The SMILES string of the molecule is Oc1ccc([18F])c2cccnc12. The van der Waals surface area contributed by atoms with E-state index in [1.54, 1.807) is 12.1 Å². The lowest BCUT2D eigenvalue weighted by molar-refractivity contribution is 0.479. The number of fused-ring (bicyclic) bond motifs is 1. The van der Waals surface area contributed by atoms with Gasteiger partial charge in [-0.1, -0.05) is 0 Å². The Balaban J connectivity index is 2.95. The Morgan fingerprint density at radius 3 is 2.83 bits per heavy atom. The lowest BCUT2D eigenvalue weighted by atomic mass is 10.2. The van der Waals surface area contributed by atoms with Crippen molar-refractivity contribution >= 4 is 10.9 Å². The van der Waals surface area contributed by atoms with E-state index >= 15 is 0 Å². The van der Waals surface area contributed by atoms with Gasteiger partial charge in [0.25, 0.3) is 0 Å². The zero-order valence-corrected chi connectivity index (χ0v) is 6.16. The van der Waals surface area contributed by atoms with Crippen molar-refractivity contribution in [2.75, 3.05) is 0 Å². The predicted octanol–water partition coefficient (Wildman–Crippen LogP) is 2.08. The van der Waals surface area contributed by atoms with E-state index in [2.05, 4.69) is 4.98 Å². The summed E-state index contributed by atoms with van der Waals surface area (Å²) >= 11 is 0. The zero-order chi connectivity index (χ0) is 8.55. The molecule has 0 spiro atoms. The standard InChI is InChI=1S/C9H6FNO/c10-7-3-4-8(12)9-6(7)2-1-5-11-9/h1-5,12H/i10-1. The van der Waals surface area contributed by atoms with E-state index in [4.69, 9.17) is 0 Å². The van der Waals surface area contributed by atoms with E-state index < -0.39 is 0 Å². The van der Waals surface area contributed by atoms with E-state index in [-0.39, 0.29) is 11.6 Å². The second-order valence-electron chi connectivity index (χ2n) is 2.47. The van der Waals surface area contributed by atoms with E-state index in [0.717, 1.165) is 0 Å². The lowest BCUT2D eigenvalue weighted by Crippen LogP contribution is -1.82. The van der Waals surface area contributed by atoms with E-state index in [9.17, 15) is 9.50 Å². The number of rotatable bonds is 0. The van der Waals surface area contributed by atoms with Crippen LogP contribution >= 0.6 is 0 Å². The van der Waals surface area contributed by atoms with Crippen LogP contribution in [0.4, 0.5) is 4.39 Å². The Morgan fingerprint density at radius 2 is 2.08 bits per heavy atom. The molecule has 1 aromatic carbocycles. The molecule has 12 heavy (non-hydrogen) atoms. The maximum Gasteiger partial charge on any atom is 0.142 e. The van der Waals surface area contributed by atoms with Crippen LogP contribution in [0.1, 0.15) is 0 Å². The van der Waals surface area contributed by atoms with Crippen LogP contribution in [0, 0.1) is 5.82 Å². The molecule has 2 nitrogen and oxygen atoms in total. The van der Waals surface area contributed by atoms with Crippen LogP contribution in [-0.4, -0.2) is 10.1 Å². The lowest BCUT2D eigenvalue weighted by Gasteiger charge is -1.99. The van der Waals surface area contributed by atoms with Crippen LogP contribution in [0.2, 0.25) is 0 Å². The monoisotopic (exact) mass is 162 g/mol. The summed E-state index contributed by atoms with van der Waals surface area (Å²) in [5.41, 5.74) is 0.303. The Labute approximate surface area is 68.3 Å². The summed E-state index contributed by atoms with van der Waals surface area (Å²) in [6, 6.07) is 5.73. The Kier molecular flexibility index (Phi) is 1.43. The van der Waals surface area contributed by atoms with Crippen molar-refractivity contribution in [1.82, 2.24) is 4.98 Å². The van der Waals surface area contributed by atoms with Gasteiger partial charge in [0.2, 0.25) is 0 Å². The van der Waals surface area contributed by atoms with Crippen molar-refractivity contribution in [2.45, 2.75) is 0 Å². The second-order valence-corrected chi connectivity index (χ2v) is 2.47. The van der Waals surface area contributed by atoms with E-state index in [1.807, 2.05) is 0 Å². The van der Waals surface area contributed by atoms with Gasteiger partial charge < -0.3 is 5.11 Å². The number of hydrogen-bond acceptors (Lipinski definition) is 2. The first kappa shape index (κ1) is 7.03. The van der Waals surface area contributed by atoms with Crippen LogP contribution in [0.5, 0.6) is 5.75 Å². The van der Waals surface area contributed by atoms with Crippen LogP contribution in [0.25, 0.3) is 10.9 Å². The molecule has 1 N–H and O–H groups in total. The predicted molar refractivity (Wildman–Crippen MR) is 43.4 cm³/mol. The number of hydrogen-bond donors (Lipinski definition) is 1. The number of aromatic hydroxyl groups is 1. The molecule has 0 atom stereocenters. The second kappa shape index (κ2) is 2.44. The molecule has 2 rings (SSSR count). The van der Waals surface area contributed by atoms with Gasteiger partial charge >= 0.3 is 0 Å². The molecule has 0 aliphatic rings. The van der Waals surface area contributed by atoms with Crippen molar-refractivity contribution < 1.29 is 9.50 Å². The maximum atomic E-state index is 13.0. The largest absolute Gasteiger partial charge is 0.506 e. The minimum Gasteiger partial charge on any atom is -0.506 e. The number of phenolic OH excluding ortho intramolecular Hbond substituents is 1. The molecular weight excluding hydrogens is 156 g/mol.